The van der Waals surface area contributed by atoms with Crippen molar-refractivity contribution in [1.29, 1.82) is 0 Å². The van der Waals surface area contributed by atoms with E-state index >= 15 is 0 Å². The molecule has 2 aliphatic rings. The van der Waals surface area contributed by atoms with E-state index in [1.807, 2.05) is 18.7 Å². The molecule has 0 bridgehead atoms. The van der Waals surface area contributed by atoms with Crippen molar-refractivity contribution in [2.45, 2.75) is 58.4 Å². The molecule has 1 saturated heterocycles. The highest BCUT2D eigenvalue weighted by Gasteiger charge is 2.28. The van der Waals surface area contributed by atoms with Gasteiger partial charge in [0, 0.05) is 31.7 Å². The minimum atomic E-state index is -0.823. The van der Waals surface area contributed by atoms with Crippen LogP contribution in [0.4, 0.5) is 5.82 Å². The number of carbonyl (C=O) groups is 2. The summed E-state index contributed by atoms with van der Waals surface area (Å²) in [5.41, 5.74) is 2.38. The third-order valence-corrected chi connectivity index (χ3v) is 4.72. The van der Waals surface area contributed by atoms with Crippen molar-refractivity contribution in [3.63, 3.8) is 0 Å². The highest BCUT2D eigenvalue weighted by molar-refractivity contribution is 5.76. The second-order valence-electron chi connectivity index (χ2n) is 6.90. The molecule has 1 amide bonds. The number of pyridine rings is 1. The van der Waals surface area contributed by atoms with E-state index in [9.17, 15) is 9.59 Å². The molecule has 27 heavy (non-hydrogen) atoms. The van der Waals surface area contributed by atoms with Gasteiger partial charge < -0.3 is 15.7 Å². The first kappa shape index (κ1) is 21.2. The molecule has 0 saturated carbocycles. The fourth-order valence-corrected chi connectivity index (χ4v) is 3.38. The van der Waals surface area contributed by atoms with Gasteiger partial charge in [0.25, 0.3) is 0 Å². The normalized spacial score (nSPS) is 16.2. The Morgan fingerprint density at radius 1 is 1.30 bits per heavy atom. The molecule has 0 radical (unpaired) electrons. The summed E-state index contributed by atoms with van der Waals surface area (Å²) in [6.45, 7) is 6.30. The lowest BCUT2D eigenvalue weighted by molar-refractivity contribution is -0.139. The lowest BCUT2D eigenvalue weighted by Crippen LogP contribution is -2.60. The summed E-state index contributed by atoms with van der Waals surface area (Å²) in [4.78, 5) is 28.9. The third kappa shape index (κ3) is 6.82. The van der Waals surface area contributed by atoms with Crippen molar-refractivity contribution in [1.82, 2.24) is 15.2 Å². The summed E-state index contributed by atoms with van der Waals surface area (Å²) >= 11 is 0. The average Bonchev–Trinajstić information content (AvgIpc) is 2.64. The first-order valence-electron chi connectivity index (χ1n) is 10.1. The summed E-state index contributed by atoms with van der Waals surface area (Å²) in [5, 5.41) is 15.0. The summed E-state index contributed by atoms with van der Waals surface area (Å²) < 4.78 is 0. The van der Waals surface area contributed by atoms with Crippen LogP contribution < -0.4 is 10.6 Å². The summed E-state index contributed by atoms with van der Waals surface area (Å²) in [7, 11) is 0. The number of rotatable bonds is 8. The Balaban J connectivity index is 0.00000126. The fraction of sp³-hybridized carbons (Fsp3) is 0.650. The van der Waals surface area contributed by atoms with Crippen LogP contribution in [0.5, 0.6) is 0 Å². The zero-order valence-electron chi connectivity index (χ0n) is 16.5. The molecule has 2 aliphatic heterocycles. The van der Waals surface area contributed by atoms with Crippen molar-refractivity contribution >= 4 is 17.7 Å². The van der Waals surface area contributed by atoms with Crippen LogP contribution in [0, 0.1) is 0 Å². The Labute approximate surface area is 161 Å². The molecule has 3 N–H and O–H groups in total. The van der Waals surface area contributed by atoms with E-state index in [4.69, 9.17) is 5.11 Å². The van der Waals surface area contributed by atoms with E-state index in [1.54, 1.807) is 0 Å². The van der Waals surface area contributed by atoms with Gasteiger partial charge in [-0.15, -0.1) is 0 Å². The van der Waals surface area contributed by atoms with Crippen LogP contribution in [0.1, 0.15) is 50.8 Å². The van der Waals surface area contributed by atoms with Gasteiger partial charge in [0.05, 0.1) is 12.6 Å². The highest BCUT2D eigenvalue weighted by Crippen LogP contribution is 2.20. The van der Waals surface area contributed by atoms with Gasteiger partial charge >= 0.3 is 5.97 Å². The molecule has 3 rings (SSSR count). The first-order chi connectivity index (χ1) is 13.1. The van der Waals surface area contributed by atoms with Crippen molar-refractivity contribution in [3.05, 3.63) is 23.4 Å². The van der Waals surface area contributed by atoms with Gasteiger partial charge in [-0.1, -0.05) is 19.9 Å². The molecule has 1 aromatic rings. The lowest BCUT2D eigenvalue weighted by Gasteiger charge is -2.38. The van der Waals surface area contributed by atoms with E-state index in [-0.39, 0.29) is 18.5 Å². The number of carboxylic acids is 1. The molecule has 0 aromatic carbocycles. The van der Waals surface area contributed by atoms with Gasteiger partial charge in [0.2, 0.25) is 5.91 Å². The van der Waals surface area contributed by atoms with E-state index in [0.29, 0.717) is 19.5 Å². The van der Waals surface area contributed by atoms with Gasteiger partial charge in [-0.25, -0.2) is 4.98 Å². The number of hydrogen-bond acceptors (Lipinski definition) is 5. The molecule has 0 spiro atoms. The van der Waals surface area contributed by atoms with Crippen molar-refractivity contribution in [3.8, 4) is 0 Å². The topological polar surface area (TPSA) is 94.6 Å². The minimum absolute atomic E-state index is 0.0506. The summed E-state index contributed by atoms with van der Waals surface area (Å²) in [6.07, 6.45) is 5.44. The maximum atomic E-state index is 11.9. The first-order valence-corrected chi connectivity index (χ1v) is 10.1. The van der Waals surface area contributed by atoms with E-state index in [0.717, 1.165) is 50.2 Å². The van der Waals surface area contributed by atoms with Gasteiger partial charge in [0.15, 0.2) is 0 Å². The SMILES string of the molecule is CC.O=C(O)CN1CC(NC(=O)CCCCc2ccc3c(n2)NCCC3)C1. The van der Waals surface area contributed by atoms with Crippen molar-refractivity contribution in [2.24, 2.45) is 0 Å². The van der Waals surface area contributed by atoms with Gasteiger partial charge in [-0.05, 0) is 43.7 Å². The van der Waals surface area contributed by atoms with Crippen molar-refractivity contribution < 1.29 is 14.7 Å². The predicted molar refractivity (Wildman–Crippen MR) is 106 cm³/mol. The number of nitrogens with zero attached hydrogens (tertiary/aromatic N) is 2. The van der Waals surface area contributed by atoms with Crippen LogP contribution in [-0.2, 0) is 22.4 Å². The number of hydrogen-bond donors (Lipinski definition) is 3. The van der Waals surface area contributed by atoms with Crippen LogP contribution in [0.15, 0.2) is 12.1 Å². The van der Waals surface area contributed by atoms with Gasteiger partial charge in [-0.2, -0.15) is 0 Å². The Hall–Kier alpha value is -2.15. The second-order valence-corrected chi connectivity index (χ2v) is 6.90. The van der Waals surface area contributed by atoms with Crippen LogP contribution in [0.3, 0.4) is 0 Å². The lowest BCUT2D eigenvalue weighted by atomic mass is 10.1. The van der Waals surface area contributed by atoms with Crippen molar-refractivity contribution in [2.75, 3.05) is 31.5 Å². The standard InChI is InChI=1S/C18H26N4O3.C2H6/c23-16(20-15-10-22(11-15)12-17(24)25)6-2-1-5-14-8-7-13-4-3-9-19-18(13)21-14;1-2/h7-8,15H,1-6,9-12H2,(H,19,21)(H,20,23)(H,24,25);1-2H3. The number of nitrogens with one attached hydrogen (secondary N) is 2. The molecule has 1 aromatic heterocycles. The monoisotopic (exact) mass is 376 g/mol. The van der Waals surface area contributed by atoms with E-state index in [2.05, 4.69) is 27.8 Å². The van der Waals surface area contributed by atoms with Crippen LogP contribution in [-0.4, -0.2) is 59.1 Å². The highest BCUT2D eigenvalue weighted by atomic mass is 16.4. The molecule has 0 atom stereocenters. The Morgan fingerprint density at radius 3 is 2.81 bits per heavy atom. The van der Waals surface area contributed by atoms with E-state index in [1.165, 1.54) is 5.56 Å². The number of carbonyl (C=O) groups excluding carboxylic acids is 1. The number of amides is 1. The molecule has 7 heteroatoms. The zero-order chi connectivity index (χ0) is 19.6. The summed E-state index contributed by atoms with van der Waals surface area (Å²) in [6, 6.07) is 4.35. The summed E-state index contributed by atoms with van der Waals surface area (Å²) in [5.74, 6) is 0.258. The number of aromatic nitrogens is 1. The number of unbranched alkanes of at least 4 members (excludes halogenated alkanes) is 1. The molecule has 0 unspecified atom stereocenters. The number of carboxylic acid groups (broad SMARTS) is 1. The molecule has 0 aliphatic carbocycles. The number of likely N-dealkylation sites (tertiary alicyclic amines) is 1. The largest absolute Gasteiger partial charge is 0.480 e. The number of aryl methyl sites for hydroxylation is 2. The molecule has 7 nitrogen and oxygen atoms in total. The Kier molecular flexibility index (Phi) is 8.51. The Bertz CT molecular complexity index is 630. The molecule has 150 valence electrons. The zero-order valence-corrected chi connectivity index (χ0v) is 16.5. The second kappa shape index (κ2) is 10.9. The quantitative estimate of drug-likeness (QED) is 0.601. The molecular weight excluding hydrogens is 344 g/mol. The smallest absolute Gasteiger partial charge is 0.317 e. The maximum Gasteiger partial charge on any atom is 0.317 e. The third-order valence-electron chi connectivity index (χ3n) is 4.72. The van der Waals surface area contributed by atoms with Gasteiger partial charge in [-0.3, -0.25) is 14.5 Å². The Morgan fingerprint density at radius 2 is 2.07 bits per heavy atom. The number of fused-ring (bicyclic) bond motifs is 1. The van der Waals surface area contributed by atoms with Crippen LogP contribution in [0.2, 0.25) is 0 Å². The maximum absolute atomic E-state index is 11.9. The van der Waals surface area contributed by atoms with Gasteiger partial charge in [0.1, 0.15) is 5.82 Å². The molecular formula is C20H32N4O3. The average molecular weight is 377 g/mol. The van der Waals surface area contributed by atoms with Crippen LogP contribution in [0.25, 0.3) is 0 Å². The predicted octanol–water partition coefficient (Wildman–Crippen LogP) is 2.06. The number of anilines is 1. The molecule has 3 heterocycles. The van der Waals surface area contributed by atoms with E-state index < -0.39 is 5.97 Å². The fourth-order valence-electron chi connectivity index (χ4n) is 3.38. The number of aliphatic carboxylic acids is 1. The minimum Gasteiger partial charge on any atom is -0.480 e. The van der Waals surface area contributed by atoms with Crippen LogP contribution >= 0.6 is 0 Å². The molecule has 1 fully saturated rings.